The molecule has 3 rings (SSSR count). The van der Waals surface area contributed by atoms with Crippen molar-refractivity contribution in [2.24, 2.45) is 0 Å². The van der Waals surface area contributed by atoms with E-state index in [1.54, 1.807) is 0 Å². The summed E-state index contributed by atoms with van der Waals surface area (Å²) in [5.74, 6) is 1.26. The molecule has 140 valence electrons. The molecular formula is C19H26N4O3. The average molecular weight is 358 g/mol. The molecule has 1 N–H and O–H groups in total. The molecule has 0 aliphatic carbocycles. The van der Waals surface area contributed by atoms with Gasteiger partial charge in [-0.05, 0) is 32.3 Å². The Hall–Kier alpha value is -2.41. The third-order valence-corrected chi connectivity index (χ3v) is 4.55. The van der Waals surface area contributed by atoms with Crippen LogP contribution in [0.5, 0.6) is 0 Å². The Bertz CT molecular complexity index is 714. The van der Waals surface area contributed by atoms with Gasteiger partial charge in [-0.1, -0.05) is 35.0 Å². The van der Waals surface area contributed by atoms with Crippen LogP contribution in [0.25, 0.3) is 0 Å². The molecule has 2 amide bonds. The van der Waals surface area contributed by atoms with Crippen LogP contribution in [0.15, 0.2) is 28.8 Å². The van der Waals surface area contributed by atoms with E-state index in [1.807, 2.05) is 30.9 Å². The maximum atomic E-state index is 12.5. The summed E-state index contributed by atoms with van der Waals surface area (Å²) < 4.78 is 10.5. The molecule has 0 bridgehead atoms. The van der Waals surface area contributed by atoms with E-state index in [1.165, 1.54) is 5.56 Å². The van der Waals surface area contributed by atoms with Crippen LogP contribution in [0, 0.1) is 6.92 Å². The molecule has 0 saturated carbocycles. The molecular weight excluding hydrogens is 332 g/mol. The first kappa shape index (κ1) is 18.4. The van der Waals surface area contributed by atoms with Gasteiger partial charge in [-0.2, -0.15) is 4.98 Å². The molecule has 1 unspecified atom stereocenters. The summed E-state index contributed by atoms with van der Waals surface area (Å²) >= 11 is 0. The molecule has 1 aromatic carbocycles. The summed E-state index contributed by atoms with van der Waals surface area (Å²) in [6, 6.07) is 8.12. The minimum absolute atomic E-state index is 0.0479. The van der Waals surface area contributed by atoms with Crippen LogP contribution >= 0.6 is 0 Å². The fraction of sp³-hybridized carbons (Fsp3) is 0.526. The van der Waals surface area contributed by atoms with Crippen LogP contribution in [0.3, 0.4) is 0 Å². The molecule has 26 heavy (non-hydrogen) atoms. The zero-order chi connectivity index (χ0) is 18.4. The van der Waals surface area contributed by atoms with Gasteiger partial charge in [0, 0.05) is 32.2 Å². The summed E-state index contributed by atoms with van der Waals surface area (Å²) in [6.07, 6.45) is 1.88. The molecule has 2 aromatic rings. The Kier molecular flexibility index (Phi) is 6.22. The number of benzene rings is 1. The first-order chi connectivity index (χ1) is 12.7. The summed E-state index contributed by atoms with van der Waals surface area (Å²) in [5, 5.41) is 7.06. The second kappa shape index (κ2) is 8.80. The van der Waals surface area contributed by atoms with Crippen LogP contribution in [-0.2, 0) is 17.9 Å². The van der Waals surface area contributed by atoms with Gasteiger partial charge in [0.05, 0.1) is 0 Å². The third-order valence-electron chi connectivity index (χ3n) is 4.55. The van der Waals surface area contributed by atoms with Crippen molar-refractivity contribution in [3.63, 3.8) is 0 Å². The number of rotatable bonds is 6. The quantitative estimate of drug-likeness (QED) is 0.858. The average Bonchev–Trinajstić information content (AvgIpc) is 3.15. The van der Waals surface area contributed by atoms with E-state index in [-0.39, 0.29) is 11.9 Å². The first-order valence-corrected chi connectivity index (χ1v) is 9.14. The summed E-state index contributed by atoms with van der Waals surface area (Å²) in [4.78, 5) is 18.7. The Labute approximate surface area is 153 Å². The van der Waals surface area contributed by atoms with Crippen LogP contribution in [0.2, 0.25) is 0 Å². The van der Waals surface area contributed by atoms with Crippen molar-refractivity contribution >= 4 is 6.03 Å². The number of hydrogen-bond donors (Lipinski definition) is 1. The molecule has 1 fully saturated rings. The number of amides is 2. The van der Waals surface area contributed by atoms with Crippen molar-refractivity contribution in [3.8, 4) is 0 Å². The van der Waals surface area contributed by atoms with Gasteiger partial charge in [0.15, 0.2) is 5.82 Å². The lowest BCUT2D eigenvalue weighted by Gasteiger charge is -2.31. The van der Waals surface area contributed by atoms with Gasteiger partial charge in [-0.15, -0.1) is 0 Å². The van der Waals surface area contributed by atoms with Gasteiger partial charge in [-0.25, -0.2) is 4.79 Å². The fourth-order valence-corrected chi connectivity index (χ4v) is 3.05. The first-order valence-electron chi connectivity index (χ1n) is 9.14. The predicted molar refractivity (Wildman–Crippen MR) is 96.6 cm³/mol. The van der Waals surface area contributed by atoms with E-state index in [9.17, 15) is 4.79 Å². The second-order valence-corrected chi connectivity index (χ2v) is 6.61. The van der Waals surface area contributed by atoms with Crippen molar-refractivity contribution in [1.82, 2.24) is 20.4 Å². The van der Waals surface area contributed by atoms with E-state index >= 15 is 0 Å². The molecule has 2 heterocycles. The maximum absolute atomic E-state index is 12.5. The zero-order valence-electron chi connectivity index (χ0n) is 15.4. The van der Waals surface area contributed by atoms with Crippen molar-refractivity contribution < 1.29 is 14.1 Å². The fourth-order valence-electron chi connectivity index (χ4n) is 3.05. The largest absolute Gasteiger partial charge is 0.372 e. The zero-order valence-corrected chi connectivity index (χ0v) is 15.4. The standard InChI is InChI=1S/C19H26N4O3/c1-3-25-13-17-21-18(22-26-17)16-5-4-10-23(12-16)19(24)20-11-15-8-6-14(2)7-9-15/h6-9,16H,3-5,10-13H2,1-2H3,(H,20,24). The van der Waals surface area contributed by atoms with E-state index in [4.69, 9.17) is 9.26 Å². The number of aryl methyl sites for hydroxylation is 1. The maximum Gasteiger partial charge on any atom is 0.317 e. The van der Waals surface area contributed by atoms with Crippen molar-refractivity contribution in [2.75, 3.05) is 19.7 Å². The number of carbonyl (C=O) groups excluding carboxylic acids is 1. The Morgan fingerprint density at radius 3 is 2.96 bits per heavy atom. The Morgan fingerprint density at radius 1 is 1.38 bits per heavy atom. The predicted octanol–water partition coefficient (Wildman–Crippen LogP) is 3.00. The van der Waals surface area contributed by atoms with Gasteiger partial charge in [0.2, 0.25) is 0 Å². The topological polar surface area (TPSA) is 80.5 Å². The van der Waals surface area contributed by atoms with Crippen molar-refractivity contribution in [1.29, 1.82) is 0 Å². The lowest BCUT2D eigenvalue weighted by molar-refractivity contribution is 0.109. The van der Waals surface area contributed by atoms with Crippen molar-refractivity contribution in [2.45, 2.75) is 45.8 Å². The molecule has 1 atom stereocenters. The number of ether oxygens (including phenoxy) is 1. The number of urea groups is 1. The van der Waals surface area contributed by atoms with Crippen LogP contribution in [-0.4, -0.2) is 40.8 Å². The summed E-state index contributed by atoms with van der Waals surface area (Å²) in [7, 11) is 0. The minimum atomic E-state index is -0.0479. The highest BCUT2D eigenvalue weighted by Crippen LogP contribution is 2.25. The molecule has 0 radical (unpaired) electrons. The molecule has 1 saturated heterocycles. The highest BCUT2D eigenvalue weighted by atomic mass is 16.5. The Balaban J connectivity index is 1.53. The normalized spacial score (nSPS) is 17.3. The van der Waals surface area contributed by atoms with Gasteiger partial charge in [-0.3, -0.25) is 0 Å². The minimum Gasteiger partial charge on any atom is -0.372 e. The molecule has 1 aliphatic heterocycles. The SMILES string of the molecule is CCOCc1nc(C2CCCN(C(=O)NCc3ccc(C)cc3)C2)no1. The molecule has 1 aliphatic rings. The van der Waals surface area contributed by atoms with Gasteiger partial charge in [0.25, 0.3) is 5.89 Å². The highest BCUT2D eigenvalue weighted by molar-refractivity contribution is 5.74. The van der Waals surface area contributed by atoms with Crippen LogP contribution < -0.4 is 5.32 Å². The van der Waals surface area contributed by atoms with E-state index in [2.05, 4.69) is 27.6 Å². The van der Waals surface area contributed by atoms with Crippen LogP contribution in [0.4, 0.5) is 4.79 Å². The van der Waals surface area contributed by atoms with E-state index in [0.29, 0.717) is 38.0 Å². The van der Waals surface area contributed by atoms with Crippen LogP contribution in [0.1, 0.15) is 48.5 Å². The number of nitrogens with one attached hydrogen (secondary N) is 1. The summed E-state index contributed by atoms with van der Waals surface area (Å²) in [5.41, 5.74) is 2.30. The molecule has 7 nitrogen and oxygen atoms in total. The molecule has 7 heteroatoms. The number of carbonyl (C=O) groups is 1. The number of aromatic nitrogens is 2. The van der Waals surface area contributed by atoms with Gasteiger partial charge < -0.3 is 19.5 Å². The number of nitrogens with zero attached hydrogens (tertiary/aromatic N) is 3. The number of piperidine rings is 1. The molecule has 1 aromatic heterocycles. The molecule has 0 spiro atoms. The smallest absolute Gasteiger partial charge is 0.317 e. The lowest BCUT2D eigenvalue weighted by Crippen LogP contribution is -2.44. The third kappa shape index (κ3) is 4.82. The summed E-state index contributed by atoms with van der Waals surface area (Å²) in [6.45, 7) is 6.79. The number of likely N-dealkylation sites (tertiary alicyclic amines) is 1. The lowest BCUT2D eigenvalue weighted by atomic mass is 9.98. The second-order valence-electron chi connectivity index (χ2n) is 6.61. The van der Waals surface area contributed by atoms with E-state index < -0.39 is 0 Å². The number of hydrogen-bond acceptors (Lipinski definition) is 5. The highest BCUT2D eigenvalue weighted by Gasteiger charge is 2.28. The van der Waals surface area contributed by atoms with Crippen molar-refractivity contribution in [3.05, 3.63) is 47.1 Å². The Morgan fingerprint density at radius 2 is 2.19 bits per heavy atom. The monoisotopic (exact) mass is 358 g/mol. The van der Waals surface area contributed by atoms with Gasteiger partial charge in [0.1, 0.15) is 6.61 Å². The van der Waals surface area contributed by atoms with E-state index in [0.717, 1.165) is 24.9 Å². The van der Waals surface area contributed by atoms with Gasteiger partial charge >= 0.3 is 6.03 Å².